The van der Waals surface area contributed by atoms with E-state index in [1.54, 1.807) is 18.2 Å². The zero-order valence-corrected chi connectivity index (χ0v) is 14.8. The fourth-order valence-corrected chi connectivity index (χ4v) is 3.33. The van der Waals surface area contributed by atoms with E-state index in [4.69, 9.17) is 9.47 Å². The molecule has 1 aliphatic heterocycles. The number of amides is 1. The van der Waals surface area contributed by atoms with E-state index in [1.807, 2.05) is 16.8 Å². The van der Waals surface area contributed by atoms with Crippen molar-refractivity contribution in [1.29, 1.82) is 0 Å². The molecule has 8 nitrogen and oxygen atoms in total. The van der Waals surface area contributed by atoms with Crippen LogP contribution in [0.1, 0.15) is 27.4 Å². The number of nitrogens with zero attached hydrogens (tertiary/aromatic N) is 1. The van der Waals surface area contributed by atoms with Crippen LogP contribution in [-0.4, -0.2) is 27.8 Å². The Morgan fingerprint density at radius 2 is 2.11 bits per heavy atom. The first-order valence-corrected chi connectivity index (χ1v) is 9.04. The quantitative estimate of drug-likeness (QED) is 0.617. The molecule has 1 amide bonds. The lowest BCUT2D eigenvalue weighted by Crippen LogP contribution is -2.27. The highest BCUT2D eigenvalue weighted by molar-refractivity contribution is 7.07. The molecule has 0 fully saturated rings. The van der Waals surface area contributed by atoms with Gasteiger partial charge in [-0.15, -0.1) is 0 Å². The zero-order valence-electron chi connectivity index (χ0n) is 14.0. The monoisotopic (exact) mass is 385 g/mol. The number of H-pyrrole nitrogens is 1. The SMILES string of the molecule is O=C(NCc1ccc2c(c1)OCO2)c1nc(Cc2ccsc2)[nH]c(=O)c1O. The third-order valence-electron chi connectivity index (χ3n) is 4.00. The van der Waals surface area contributed by atoms with Gasteiger partial charge in [0.05, 0.1) is 0 Å². The lowest BCUT2D eigenvalue weighted by atomic mass is 10.2. The molecule has 0 atom stereocenters. The summed E-state index contributed by atoms with van der Waals surface area (Å²) in [6.45, 7) is 0.353. The summed E-state index contributed by atoms with van der Waals surface area (Å²) in [5.41, 5.74) is 0.698. The Labute approximate surface area is 157 Å². The lowest BCUT2D eigenvalue weighted by molar-refractivity contribution is 0.0942. The number of aromatic amines is 1. The van der Waals surface area contributed by atoms with Crippen molar-refractivity contribution >= 4 is 17.2 Å². The lowest BCUT2D eigenvalue weighted by Gasteiger charge is -2.08. The van der Waals surface area contributed by atoms with Gasteiger partial charge in [-0.2, -0.15) is 11.3 Å². The smallest absolute Gasteiger partial charge is 0.293 e. The molecule has 3 heterocycles. The summed E-state index contributed by atoms with van der Waals surface area (Å²) >= 11 is 1.52. The van der Waals surface area contributed by atoms with Crippen LogP contribution < -0.4 is 20.3 Å². The van der Waals surface area contributed by atoms with E-state index in [-0.39, 0.29) is 19.0 Å². The van der Waals surface area contributed by atoms with Crippen molar-refractivity contribution in [2.24, 2.45) is 0 Å². The minimum Gasteiger partial charge on any atom is -0.501 e. The molecule has 3 aromatic rings. The van der Waals surface area contributed by atoms with Crippen LogP contribution in [0.4, 0.5) is 0 Å². The minimum atomic E-state index is -0.747. The number of benzene rings is 1. The summed E-state index contributed by atoms with van der Waals surface area (Å²) in [6.07, 6.45) is 0.363. The van der Waals surface area contributed by atoms with Crippen LogP contribution in [-0.2, 0) is 13.0 Å². The first-order chi connectivity index (χ1) is 13.1. The Hall–Kier alpha value is -3.33. The van der Waals surface area contributed by atoms with Gasteiger partial charge in [0.25, 0.3) is 11.5 Å². The summed E-state index contributed by atoms with van der Waals surface area (Å²) < 4.78 is 10.5. The Kier molecular flexibility index (Phi) is 4.51. The van der Waals surface area contributed by atoms with Crippen molar-refractivity contribution in [3.8, 4) is 17.2 Å². The number of rotatable bonds is 5. The summed E-state index contributed by atoms with van der Waals surface area (Å²) in [5.74, 6) is 0.230. The molecule has 27 heavy (non-hydrogen) atoms. The van der Waals surface area contributed by atoms with Gasteiger partial charge in [-0.25, -0.2) is 4.98 Å². The highest BCUT2D eigenvalue weighted by Gasteiger charge is 2.19. The third-order valence-corrected chi connectivity index (χ3v) is 4.73. The maximum absolute atomic E-state index is 12.4. The fraction of sp³-hybridized carbons (Fsp3) is 0.167. The summed E-state index contributed by atoms with van der Waals surface area (Å²) in [6, 6.07) is 7.21. The molecular weight excluding hydrogens is 370 g/mol. The highest BCUT2D eigenvalue weighted by Crippen LogP contribution is 2.32. The Morgan fingerprint density at radius 1 is 1.26 bits per heavy atom. The van der Waals surface area contributed by atoms with E-state index < -0.39 is 17.2 Å². The predicted octanol–water partition coefficient (Wildman–Crippen LogP) is 1.79. The van der Waals surface area contributed by atoms with Gasteiger partial charge in [-0.3, -0.25) is 9.59 Å². The van der Waals surface area contributed by atoms with Crippen LogP contribution in [0.2, 0.25) is 0 Å². The second-order valence-corrected chi connectivity index (χ2v) is 6.67. The number of thiophene rings is 1. The van der Waals surface area contributed by atoms with Gasteiger partial charge in [0, 0.05) is 13.0 Å². The second-order valence-electron chi connectivity index (χ2n) is 5.89. The van der Waals surface area contributed by atoms with Gasteiger partial charge in [-0.05, 0) is 40.1 Å². The van der Waals surface area contributed by atoms with Crippen molar-refractivity contribution in [3.05, 3.63) is 68.0 Å². The number of aromatic nitrogens is 2. The van der Waals surface area contributed by atoms with Gasteiger partial charge in [0.1, 0.15) is 5.82 Å². The first-order valence-electron chi connectivity index (χ1n) is 8.10. The van der Waals surface area contributed by atoms with Crippen LogP contribution in [0, 0.1) is 0 Å². The molecule has 138 valence electrons. The molecule has 9 heteroatoms. The van der Waals surface area contributed by atoms with Crippen LogP contribution in [0.5, 0.6) is 17.2 Å². The number of hydrogen-bond acceptors (Lipinski definition) is 7. The number of fused-ring (bicyclic) bond motifs is 1. The topological polar surface area (TPSA) is 114 Å². The fourth-order valence-electron chi connectivity index (χ4n) is 2.66. The largest absolute Gasteiger partial charge is 0.501 e. The van der Waals surface area contributed by atoms with Gasteiger partial charge in [0.2, 0.25) is 12.5 Å². The standard InChI is InChI=1S/C18H15N3O5S/c22-16-15(20-14(21-18(16)24)6-11-3-4-27-8-11)17(23)19-7-10-1-2-12-13(5-10)26-9-25-12/h1-5,8,22H,6-7,9H2,(H,19,23)(H,20,21,24). The molecule has 2 aromatic heterocycles. The Morgan fingerprint density at radius 3 is 2.93 bits per heavy atom. The van der Waals surface area contributed by atoms with E-state index in [9.17, 15) is 14.7 Å². The molecule has 0 radical (unpaired) electrons. The Balaban J connectivity index is 1.50. The molecule has 1 aromatic carbocycles. The first kappa shape index (κ1) is 17.1. The summed E-state index contributed by atoms with van der Waals surface area (Å²) in [4.78, 5) is 31.0. The van der Waals surface area contributed by atoms with E-state index in [0.717, 1.165) is 11.1 Å². The maximum atomic E-state index is 12.4. The molecule has 3 N–H and O–H groups in total. The molecule has 0 saturated heterocycles. The molecule has 0 spiro atoms. The number of nitrogens with one attached hydrogen (secondary N) is 2. The third kappa shape index (κ3) is 3.63. The average molecular weight is 385 g/mol. The number of aromatic hydroxyl groups is 1. The number of ether oxygens (including phenoxy) is 2. The molecule has 4 rings (SSSR count). The molecule has 0 aliphatic carbocycles. The average Bonchev–Trinajstić information content (AvgIpc) is 3.33. The van der Waals surface area contributed by atoms with E-state index >= 15 is 0 Å². The van der Waals surface area contributed by atoms with Gasteiger partial charge in [-0.1, -0.05) is 6.07 Å². The molecule has 1 aliphatic rings. The molecule has 0 bridgehead atoms. The van der Waals surface area contributed by atoms with Crippen LogP contribution in [0.25, 0.3) is 0 Å². The van der Waals surface area contributed by atoms with Crippen LogP contribution >= 0.6 is 11.3 Å². The number of carbonyl (C=O) groups is 1. The van der Waals surface area contributed by atoms with Gasteiger partial charge >= 0.3 is 0 Å². The van der Waals surface area contributed by atoms with Gasteiger partial charge < -0.3 is 24.9 Å². The van der Waals surface area contributed by atoms with Crippen molar-refractivity contribution in [2.45, 2.75) is 13.0 Å². The maximum Gasteiger partial charge on any atom is 0.293 e. The zero-order chi connectivity index (χ0) is 18.8. The van der Waals surface area contributed by atoms with Crippen LogP contribution in [0.3, 0.4) is 0 Å². The Bertz CT molecular complexity index is 1050. The van der Waals surface area contributed by atoms with E-state index in [0.29, 0.717) is 23.7 Å². The van der Waals surface area contributed by atoms with Crippen molar-refractivity contribution < 1.29 is 19.4 Å². The highest BCUT2D eigenvalue weighted by atomic mass is 32.1. The van der Waals surface area contributed by atoms with Crippen LogP contribution in [0.15, 0.2) is 39.8 Å². The molecular formula is C18H15N3O5S. The van der Waals surface area contributed by atoms with Crippen molar-refractivity contribution in [3.63, 3.8) is 0 Å². The summed E-state index contributed by atoms with van der Waals surface area (Å²) in [5, 5.41) is 16.4. The van der Waals surface area contributed by atoms with Gasteiger partial charge in [0.15, 0.2) is 17.2 Å². The summed E-state index contributed by atoms with van der Waals surface area (Å²) in [7, 11) is 0. The van der Waals surface area contributed by atoms with E-state index in [1.165, 1.54) is 11.3 Å². The van der Waals surface area contributed by atoms with Crippen molar-refractivity contribution in [2.75, 3.05) is 6.79 Å². The van der Waals surface area contributed by atoms with E-state index in [2.05, 4.69) is 15.3 Å². The predicted molar refractivity (Wildman–Crippen MR) is 97.4 cm³/mol. The van der Waals surface area contributed by atoms with Crippen molar-refractivity contribution in [1.82, 2.24) is 15.3 Å². The second kappa shape index (κ2) is 7.12. The minimum absolute atomic E-state index is 0.169. The molecule has 0 unspecified atom stereocenters. The molecule has 0 saturated carbocycles. The number of hydrogen-bond donors (Lipinski definition) is 3. The normalized spacial score (nSPS) is 12.1. The number of carbonyl (C=O) groups excluding carboxylic acids is 1.